The molecule has 4 atom stereocenters. The summed E-state index contributed by atoms with van der Waals surface area (Å²) in [7, 11) is 0. The highest BCUT2D eigenvalue weighted by Gasteiger charge is 2.40. The maximum absolute atomic E-state index is 12.9. The summed E-state index contributed by atoms with van der Waals surface area (Å²) in [4.78, 5) is 45.0. The number of aliphatic hydroxyl groups is 2. The predicted molar refractivity (Wildman–Crippen MR) is 164 cm³/mol. The zero-order valence-corrected chi connectivity index (χ0v) is 25.9. The molecule has 2 aromatic carbocycles. The highest BCUT2D eigenvalue weighted by atomic mass is 16.6. The van der Waals surface area contributed by atoms with E-state index in [0.717, 1.165) is 33.2 Å². The van der Waals surface area contributed by atoms with Crippen LogP contribution < -0.4 is 0 Å². The van der Waals surface area contributed by atoms with Gasteiger partial charge in [-0.15, -0.1) is 0 Å². The molecule has 4 aromatic rings. The number of β-amino-alcohol motifs (C(OH)–C–C–N with tert-alkyl or cyclic N) is 2. The summed E-state index contributed by atoms with van der Waals surface area (Å²) in [6, 6.07) is 11.0. The fourth-order valence-electron chi connectivity index (χ4n) is 5.92. The second-order valence-electron chi connectivity index (χ2n) is 13.8. The Hall–Kier alpha value is -4.16. The molecule has 0 spiro atoms. The Labute approximate surface area is 255 Å². The lowest BCUT2D eigenvalue weighted by Gasteiger charge is -2.27. The third-order valence-electron chi connectivity index (χ3n) is 7.78. The van der Waals surface area contributed by atoms with Crippen molar-refractivity contribution in [1.29, 1.82) is 0 Å². The summed E-state index contributed by atoms with van der Waals surface area (Å²) < 4.78 is 11.1. The molecule has 0 aliphatic carbocycles. The molecule has 2 aliphatic rings. The van der Waals surface area contributed by atoms with Gasteiger partial charge in [0.1, 0.15) is 22.9 Å². The number of hydrogen-bond acceptors (Lipinski definition) is 8. The van der Waals surface area contributed by atoms with E-state index in [1.54, 1.807) is 0 Å². The van der Waals surface area contributed by atoms with Gasteiger partial charge in [0.25, 0.3) is 0 Å². The molecular formula is C32H40N6O6. The molecule has 0 radical (unpaired) electrons. The number of likely N-dealkylation sites (tertiary alicyclic amines) is 2. The number of nitrogens with zero attached hydrogens (tertiary/aromatic N) is 4. The first-order valence-corrected chi connectivity index (χ1v) is 15.0. The molecule has 6 rings (SSSR count). The number of ether oxygens (including phenoxy) is 2. The molecular weight excluding hydrogens is 564 g/mol. The maximum Gasteiger partial charge on any atom is 0.411 e. The van der Waals surface area contributed by atoms with Crippen LogP contribution in [0.2, 0.25) is 0 Å². The van der Waals surface area contributed by atoms with Crippen molar-refractivity contribution in [2.24, 2.45) is 0 Å². The molecule has 2 aromatic heterocycles. The Morgan fingerprint density at radius 2 is 1.11 bits per heavy atom. The van der Waals surface area contributed by atoms with Crippen LogP contribution in [0.4, 0.5) is 9.59 Å². The van der Waals surface area contributed by atoms with Crippen LogP contribution in [0, 0.1) is 0 Å². The van der Waals surface area contributed by atoms with Crippen LogP contribution in [0.15, 0.2) is 36.4 Å². The minimum absolute atomic E-state index is 0.184. The SMILES string of the molecule is CC(C)(C)OC(=O)N1C[C@H](O)C[C@H]1c1nc2ccc(-c3ccc4nc([C@@H]5C[C@@H](O)CN5C(=O)OC(C)(C)C)[nH]c4c3)cc2[nH]1. The summed E-state index contributed by atoms with van der Waals surface area (Å²) >= 11 is 0. The van der Waals surface area contributed by atoms with Crippen LogP contribution in [0.25, 0.3) is 33.2 Å². The Balaban J connectivity index is 1.25. The van der Waals surface area contributed by atoms with Gasteiger partial charge >= 0.3 is 12.2 Å². The van der Waals surface area contributed by atoms with Crippen LogP contribution in [0.5, 0.6) is 0 Å². The van der Waals surface area contributed by atoms with E-state index in [1.807, 2.05) is 77.9 Å². The molecule has 2 fully saturated rings. The van der Waals surface area contributed by atoms with Crippen LogP contribution >= 0.6 is 0 Å². The lowest BCUT2D eigenvalue weighted by Crippen LogP contribution is -2.37. The number of H-pyrrole nitrogens is 2. The molecule has 2 saturated heterocycles. The average molecular weight is 605 g/mol. The highest BCUT2D eigenvalue weighted by Crippen LogP contribution is 2.36. The first kappa shape index (κ1) is 29.9. The van der Waals surface area contributed by atoms with Crippen LogP contribution in [-0.2, 0) is 9.47 Å². The first-order valence-electron chi connectivity index (χ1n) is 15.0. The predicted octanol–water partition coefficient (Wildman–Crippen LogP) is 5.19. The van der Waals surface area contributed by atoms with Gasteiger partial charge < -0.3 is 29.7 Å². The largest absolute Gasteiger partial charge is 0.444 e. The van der Waals surface area contributed by atoms with Crippen LogP contribution in [-0.4, -0.2) is 88.6 Å². The number of rotatable bonds is 3. The summed E-state index contributed by atoms with van der Waals surface area (Å²) in [5.74, 6) is 1.20. The molecule has 4 heterocycles. The molecule has 2 amide bonds. The van der Waals surface area contributed by atoms with E-state index in [-0.39, 0.29) is 13.1 Å². The van der Waals surface area contributed by atoms with Gasteiger partial charge in [-0.2, -0.15) is 0 Å². The number of nitrogens with one attached hydrogen (secondary N) is 2. The third-order valence-corrected chi connectivity index (χ3v) is 7.78. The zero-order chi connectivity index (χ0) is 31.6. The molecule has 0 unspecified atom stereocenters. The molecule has 12 heteroatoms. The number of aromatic nitrogens is 4. The van der Waals surface area contributed by atoms with E-state index in [0.29, 0.717) is 24.5 Å². The monoisotopic (exact) mass is 604 g/mol. The first-order chi connectivity index (χ1) is 20.6. The van der Waals surface area contributed by atoms with E-state index in [1.165, 1.54) is 9.80 Å². The number of benzene rings is 2. The van der Waals surface area contributed by atoms with Gasteiger partial charge in [0.15, 0.2) is 0 Å². The van der Waals surface area contributed by atoms with Crippen LogP contribution in [0.3, 0.4) is 0 Å². The second-order valence-corrected chi connectivity index (χ2v) is 13.8. The Kier molecular flexibility index (Phi) is 7.32. The minimum atomic E-state index is -0.661. The van der Waals surface area contributed by atoms with Crippen LogP contribution in [0.1, 0.15) is 78.1 Å². The van der Waals surface area contributed by atoms with E-state index in [2.05, 4.69) is 9.97 Å². The lowest BCUT2D eigenvalue weighted by atomic mass is 10.0. The second kappa shape index (κ2) is 10.8. The number of imidazole rings is 2. The number of aliphatic hydroxyl groups excluding tert-OH is 2. The fourth-order valence-corrected chi connectivity index (χ4v) is 5.92. The topological polar surface area (TPSA) is 157 Å². The van der Waals surface area contributed by atoms with Crippen molar-refractivity contribution in [3.8, 4) is 11.1 Å². The number of carbonyl (C=O) groups is 2. The van der Waals surface area contributed by atoms with E-state index >= 15 is 0 Å². The molecule has 234 valence electrons. The van der Waals surface area contributed by atoms with Gasteiger partial charge in [-0.3, -0.25) is 9.80 Å². The van der Waals surface area contributed by atoms with E-state index in [4.69, 9.17) is 19.4 Å². The molecule has 0 saturated carbocycles. The van der Waals surface area contributed by atoms with Gasteiger partial charge in [-0.05, 0) is 76.9 Å². The van der Waals surface area contributed by atoms with Crippen molar-refractivity contribution in [1.82, 2.24) is 29.7 Å². The maximum atomic E-state index is 12.9. The van der Waals surface area contributed by atoms with Gasteiger partial charge in [0.2, 0.25) is 0 Å². The van der Waals surface area contributed by atoms with Crippen molar-refractivity contribution >= 4 is 34.3 Å². The number of aromatic amines is 2. The Morgan fingerprint density at radius 1 is 0.727 bits per heavy atom. The molecule has 12 nitrogen and oxygen atoms in total. The standard InChI is InChI=1S/C32H40N6O6/c1-31(2,3)43-29(41)37-15-19(39)13-25(37)27-33-21-9-7-17(11-23(21)35-27)18-8-10-22-24(12-18)36-28(34-22)26-14-20(40)16-38(26)30(42)44-32(4,5)6/h7-12,19-20,25-26,39-40H,13-16H2,1-6H3,(H,33,35)(H,34,36)/t19-,20-,25+,26+/m1/s1. The molecule has 0 bridgehead atoms. The van der Waals surface area contributed by atoms with Gasteiger partial charge in [-0.25, -0.2) is 19.6 Å². The highest BCUT2D eigenvalue weighted by molar-refractivity contribution is 5.86. The third kappa shape index (κ3) is 6.09. The lowest BCUT2D eigenvalue weighted by molar-refractivity contribution is 0.0192. The number of fused-ring (bicyclic) bond motifs is 2. The number of carbonyl (C=O) groups excluding carboxylic acids is 2. The van der Waals surface area contributed by atoms with Gasteiger partial charge in [-0.1, -0.05) is 12.1 Å². The van der Waals surface area contributed by atoms with Gasteiger partial charge in [0.05, 0.1) is 59.4 Å². The minimum Gasteiger partial charge on any atom is -0.444 e. The number of amides is 2. The number of hydrogen-bond donors (Lipinski definition) is 4. The zero-order valence-electron chi connectivity index (χ0n) is 25.9. The van der Waals surface area contributed by atoms with E-state index in [9.17, 15) is 19.8 Å². The van der Waals surface area contributed by atoms with Crippen molar-refractivity contribution in [3.05, 3.63) is 48.0 Å². The Morgan fingerprint density at radius 3 is 1.48 bits per heavy atom. The van der Waals surface area contributed by atoms with E-state index < -0.39 is 47.7 Å². The fraction of sp³-hybridized carbons (Fsp3) is 0.500. The smallest absolute Gasteiger partial charge is 0.411 e. The van der Waals surface area contributed by atoms with Crippen molar-refractivity contribution < 1.29 is 29.3 Å². The average Bonchev–Trinajstić information content (AvgIpc) is 3.69. The molecule has 44 heavy (non-hydrogen) atoms. The summed E-state index contributed by atoms with van der Waals surface area (Å²) in [6.45, 7) is 11.3. The summed E-state index contributed by atoms with van der Waals surface area (Å²) in [5, 5.41) is 20.7. The quantitative estimate of drug-likeness (QED) is 0.249. The molecule has 4 N–H and O–H groups in total. The molecule has 2 aliphatic heterocycles. The van der Waals surface area contributed by atoms with Gasteiger partial charge in [0, 0.05) is 12.8 Å². The normalized spacial score (nSPS) is 22.7. The van der Waals surface area contributed by atoms with Crippen molar-refractivity contribution in [3.63, 3.8) is 0 Å². The summed E-state index contributed by atoms with van der Waals surface area (Å²) in [6.07, 6.45) is -1.54. The van der Waals surface area contributed by atoms with Crippen molar-refractivity contribution in [2.75, 3.05) is 13.1 Å². The Bertz CT molecular complexity index is 1590. The summed E-state index contributed by atoms with van der Waals surface area (Å²) in [5.41, 5.74) is 3.72. The van der Waals surface area contributed by atoms with Crippen molar-refractivity contribution in [2.45, 2.75) is 89.9 Å².